The average molecular weight is 347 g/mol. The van der Waals surface area contributed by atoms with Crippen molar-refractivity contribution in [3.8, 4) is 0 Å². The minimum Gasteiger partial charge on any atom is -0.466 e. The van der Waals surface area contributed by atoms with Gasteiger partial charge in [0.15, 0.2) is 20.9 Å². The molecule has 0 aliphatic carbocycles. The first-order chi connectivity index (χ1) is 10.5. The fourth-order valence-corrected chi connectivity index (χ4v) is 3.44. The molecule has 0 aromatic heterocycles. The van der Waals surface area contributed by atoms with E-state index < -0.39 is 8.32 Å². The Hall–Kier alpha value is -0.433. The average Bonchev–Trinajstić information content (AvgIpc) is 2.35. The van der Waals surface area contributed by atoms with Gasteiger partial charge in [0.1, 0.15) is 0 Å². The van der Waals surface area contributed by atoms with Crippen molar-refractivity contribution in [3.05, 3.63) is 0 Å². The largest absolute Gasteiger partial charge is 0.466 e. The van der Waals surface area contributed by atoms with Gasteiger partial charge in [-0.25, -0.2) is 0 Å². The molecule has 136 valence electrons. The lowest BCUT2D eigenvalue weighted by Gasteiger charge is -2.40. The molecule has 0 bridgehead atoms. The summed E-state index contributed by atoms with van der Waals surface area (Å²) in [5.74, 6) is -0.0698. The van der Waals surface area contributed by atoms with E-state index in [0.717, 1.165) is 19.3 Å². The van der Waals surface area contributed by atoms with E-state index in [9.17, 15) is 9.59 Å². The summed E-state index contributed by atoms with van der Waals surface area (Å²) < 4.78 is 16.3. The van der Waals surface area contributed by atoms with Crippen molar-refractivity contribution < 1.29 is 23.8 Å². The summed E-state index contributed by atoms with van der Waals surface area (Å²) in [5.41, 5.74) is 0. The van der Waals surface area contributed by atoms with Crippen LogP contribution in [0.15, 0.2) is 0 Å². The summed E-state index contributed by atoms with van der Waals surface area (Å²) in [5, 5.41) is -0.184. The Labute approximate surface area is 141 Å². The van der Waals surface area contributed by atoms with Crippen LogP contribution in [0.3, 0.4) is 0 Å². The van der Waals surface area contributed by atoms with Crippen molar-refractivity contribution in [3.63, 3.8) is 0 Å². The topological polar surface area (TPSA) is 65.0 Å². The Morgan fingerprint density at radius 3 is 2.43 bits per heavy atom. The lowest BCUT2D eigenvalue weighted by Crippen LogP contribution is -2.43. The summed E-state index contributed by atoms with van der Waals surface area (Å²) in [4.78, 5) is 22.6. The second-order valence-corrected chi connectivity index (χ2v) is 12.3. The first kappa shape index (κ1) is 20.6. The van der Waals surface area contributed by atoms with Gasteiger partial charge in [-0.3, -0.25) is 4.79 Å². The number of hydrogen-bond donors (Lipinski definition) is 1. The number of carbonyl (C=O) groups excluding carboxylic acids is 1. The monoisotopic (exact) mass is 346 g/mol. The molecule has 0 saturated carbocycles. The molecule has 1 heterocycles. The van der Waals surface area contributed by atoms with Gasteiger partial charge >= 0.3 is 5.97 Å². The van der Waals surface area contributed by atoms with Crippen molar-refractivity contribution >= 4 is 14.3 Å². The van der Waals surface area contributed by atoms with Gasteiger partial charge in [0.2, 0.25) is 0 Å². The number of ether oxygens (including phenoxy) is 3. The van der Waals surface area contributed by atoms with Crippen LogP contribution in [0.25, 0.3) is 0 Å². The minimum atomic E-state index is -2.32. The maximum absolute atomic E-state index is 12.1. The zero-order chi connectivity index (χ0) is 17.7. The normalized spacial score (nSPS) is 23.3. The summed E-state index contributed by atoms with van der Waals surface area (Å²) in [6.07, 6.45) is 3.30. The van der Waals surface area contributed by atoms with E-state index >= 15 is 0 Å². The van der Waals surface area contributed by atoms with Crippen LogP contribution in [0.1, 0.15) is 59.8 Å². The predicted octanol–water partition coefficient (Wildman–Crippen LogP) is 3.81. The van der Waals surface area contributed by atoms with E-state index in [1.165, 1.54) is 0 Å². The predicted molar refractivity (Wildman–Crippen MR) is 92.4 cm³/mol. The van der Waals surface area contributed by atoms with E-state index in [2.05, 4.69) is 20.8 Å². The maximum Gasteiger partial charge on any atom is 0.306 e. The van der Waals surface area contributed by atoms with Crippen molar-refractivity contribution in [2.45, 2.75) is 90.5 Å². The molecule has 1 atom stereocenters. The molecule has 6 heteroatoms. The van der Waals surface area contributed by atoms with Crippen LogP contribution in [0.5, 0.6) is 0 Å². The van der Waals surface area contributed by atoms with E-state index in [1.807, 2.05) is 20.0 Å². The van der Waals surface area contributed by atoms with Gasteiger partial charge in [-0.15, -0.1) is 0 Å². The highest BCUT2D eigenvalue weighted by Gasteiger charge is 2.41. The fraction of sp³-hybridized carbons (Fsp3) is 0.941. The number of esters is 1. The molecule has 1 fully saturated rings. The number of carbonyl (C=O) groups is 1. The number of unbranched alkanes of at least 4 members (excludes halogenated alkanes) is 1. The molecular formula is C17H34O5Si. The third-order valence-corrected chi connectivity index (χ3v) is 8.40. The summed E-state index contributed by atoms with van der Waals surface area (Å²) in [6.45, 7) is 12.5. The highest BCUT2D eigenvalue weighted by atomic mass is 28.4. The van der Waals surface area contributed by atoms with Crippen LogP contribution in [0, 0.1) is 5.92 Å². The van der Waals surface area contributed by atoms with Gasteiger partial charge in [-0.1, -0.05) is 27.2 Å². The van der Waals surface area contributed by atoms with Gasteiger partial charge < -0.3 is 19.0 Å². The van der Waals surface area contributed by atoms with Crippen molar-refractivity contribution in [1.82, 2.24) is 0 Å². The van der Waals surface area contributed by atoms with E-state index in [-0.39, 0.29) is 29.5 Å². The highest BCUT2D eigenvalue weighted by molar-refractivity contribution is 6.72. The molecule has 0 amide bonds. The summed E-state index contributed by atoms with van der Waals surface area (Å²) in [6, 6.07) is 0. The Balaban J connectivity index is 2.59. The molecule has 0 aromatic rings. The van der Waals surface area contributed by atoms with Crippen LogP contribution in [0.2, 0.25) is 18.1 Å². The fourth-order valence-electron chi connectivity index (χ4n) is 2.66. The summed E-state index contributed by atoms with van der Waals surface area (Å²) in [7, 11) is -2.32. The first-order valence-corrected chi connectivity index (χ1v) is 11.7. The van der Waals surface area contributed by atoms with E-state index in [1.54, 1.807) is 0 Å². The van der Waals surface area contributed by atoms with Crippen molar-refractivity contribution in [2.24, 2.45) is 5.92 Å². The SMILES string of the molecule is CCCCOC(=O)C[C@@H](CC1OC(C)O1)CC(C)(C)[Si](C)(C)O. The lowest BCUT2D eigenvalue weighted by atomic mass is 9.90. The maximum atomic E-state index is 12.1. The van der Waals surface area contributed by atoms with Crippen molar-refractivity contribution in [1.29, 1.82) is 0 Å². The number of rotatable bonds is 10. The quantitative estimate of drug-likeness (QED) is 0.370. The van der Waals surface area contributed by atoms with Crippen LogP contribution < -0.4 is 0 Å². The molecular weight excluding hydrogens is 312 g/mol. The molecule has 1 N–H and O–H groups in total. The highest BCUT2D eigenvalue weighted by Crippen LogP contribution is 2.44. The van der Waals surface area contributed by atoms with Gasteiger partial charge in [0, 0.05) is 12.8 Å². The molecule has 5 nitrogen and oxygen atoms in total. The minimum absolute atomic E-state index is 0.0931. The molecule has 0 spiro atoms. The Kier molecular flexibility index (Phi) is 7.71. The molecule has 0 radical (unpaired) electrons. The van der Waals surface area contributed by atoms with Crippen LogP contribution >= 0.6 is 0 Å². The van der Waals surface area contributed by atoms with Gasteiger partial charge in [0.25, 0.3) is 0 Å². The zero-order valence-corrected chi connectivity index (χ0v) is 16.6. The lowest BCUT2D eigenvalue weighted by molar-refractivity contribution is -0.380. The Morgan fingerprint density at radius 1 is 1.35 bits per heavy atom. The third kappa shape index (κ3) is 6.91. The van der Waals surface area contributed by atoms with E-state index in [0.29, 0.717) is 19.4 Å². The zero-order valence-electron chi connectivity index (χ0n) is 15.6. The second kappa shape index (κ2) is 8.60. The number of hydrogen-bond acceptors (Lipinski definition) is 5. The Bertz CT molecular complexity index is 372. The van der Waals surface area contributed by atoms with Gasteiger partial charge in [0.05, 0.1) is 6.61 Å². The van der Waals surface area contributed by atoms with Crippen LogP contribution in [0.4, 0.5) is 0 Å². The van der Waals surface area contributed by atoms with Crippen LogP contribution in [-0.2, 0) is 19.0 Å². The smallest absolute Gasteiger partial charge is 0.306 e. The molecule has 1 saturated heterocycles. The molecule has 1 aliphatic rings. The second-order valence-electron chi connectivity index (χ2n) is 7.80. The molecule has 1 aliphatic heterocycles. The van der Waals surface area contributed by atoms with Crippen molar-refractivity contribution in [2.75, 3.05) is 6.61 Å². The molecule has 1 rings (SSSR count). The third-order valence-electron chi connectivity index (χ3n) is 4.88. The van der Waals surface area contributed by atoms with E-state index in [4.69, 9.17) is 14.2 Å². The molecule has 23 heavy (non-hydrogen) atoms. The van der Waals surface area contributed by atoms with Crippen LogP contribution in [-0.4, -0.2) is 38.3 Å². The standard InChI is InChI=1S/C17H34O5Si/c1-7-8-9-20-15(18)10-14(11-16-21-13(2)22-16)12-17(3,4)23(5,6)19/h13-14,16,19H,7-12H2,1-6H3/t13?,14-,16?/m0/s1. The van der Waals surface area contributed by atoms with Gasteiger partial charge in [-0.05, 0) is 43.8 Å². The summed E-state index contributed by atoms with van der Waals surface area (Å²) >= 11 is 0. The van der Waals surface area contributed by atoms with Gasteiger partial charge in [-0.2, -0.15) is 0 Å². The first-order valence-electron chi connectivity index (χ1n) is 8.74. The Morgan fingerprint density at radius 2 is 1.96 bits per heavy atom. The molecule has 0 aromatic carbocycles. The molecule has 0 unspecified atom stereocenters.